The van der Waals surface area contributed by atoms with Gasteiger partial charge in [-0.05, 0) is 25.0 Å². The number of hydrazine groups is 1. The van der Waals surface area contributed by atoms with Crippen molar-refractivity contribution in [3.8, 4) is 5.75 Å². The van der Waals surface area contributed by atoms with Gasteiger partial charge in [0.25, 0.3) is 0 Å². The van der Waals surface area contributed by atoms with Gasteiger partial charge < -0.3 is 4.74 Å². The third-order valence-corrected chi connectivity index (χ3v) is 2.86. The van der Waals surface area contributed by atoms with E-state index in [0.29, 0.717) is 12.6 Å². The number of ether oxygens (including phenoxy) is 1. The zero-order chi connectivity index (χ0) is 10.5. The Morgan fingerprint density at radius 2 is 2.07 bits per heavy atom. The number of hydrogen-bond acceptors (Lipinski definition) is 3. The summed E-state index contributed by atoms with van der Waals surface area (Å²) in [6, 6.07) is 10.3. The topological polar surface area (TPSA) is 38.5 Å². The average molecular weight is 206 g/mol. The van der Waals surface area contributed by atoms with Crippen LogP contribution in [0.2, 0.25) is 0 Å². The lowest BCUT2D eigenvalue weighted by atomic mass is 10.1. The summed E-state index contributed by atoms with van der Waals surface area (Å²) in [6.07, 6.45) is 3.61. The first kappa shape index (κ1) is 10.5. The second-order valence-electron chi connectivity index (χ2n) is 4.01. The molecule has 1 aromatic carbocycles. The molecule has 0 bridgehead atoms. The summed E-state index contributed by atoms with van der Waals surface area (Å²) in [6.45, 7) is 1.68. The van der Waals surface area contributed by atoms with E-state index >= 15 is 0 Å². The maximum absolute atomic E-state index is 5.90. The third-order valence-electron chi connectivity index (χ3n) is 2.86. The lowest BCUT2D eigenvalue weighted by molar-refractivity contribution is 0.101. The van der Waals surface area contributed by atoms with Crippen LogP contribution in [0, 0.1) is 0 Å². The molecular formula is C12H18N2O. The minimum Gasteiger partial charge on any atom is -0.492 e. The van der Waals surface area contributed by atoms with Crippen molar-refractivity contribution in [3.05, 3.63) is 30.3 Å². The fraction of sp³-hybridized carbons (Fsp3) is 0.500. The molecule has 1 fully saturated rings. The van der Waals surface area contributed by atoms with Crippen LogP contribution in [0.1, 0.15) is 19.3 Å². The minimum absolute atomic E-state index is 0.374. The van der Waals surface area contributed by atoms with Crippen LogP contribution in [-0.4, -0.2) is 24.2 Å². The van der Waals surface area contributed by atoms with Crippen LogP contribution in [-0.2, 0) is 0 Å². The lowest BCUT2D eigenvalue weighted by Crippen LogP contribution is -2.47. The average Bonchev–Trinajstić information content (AvgIpc) is 2.29. The predicted molar refractivity (Wildman–Crippen MR) is 60.5 cm³/mol. The van der Waals surface area contributed by atoms with E-state index in [-0.39, 0.29) is 0 Å². The van der Waals surface area contributed by atoms with E-state index in [0.717, 1.165) is 18.7 Å². The summed E-state index contributed by atoms with van der Waals surface area (Å²) in [5, 5.41) is 1.91. The van der Waals surface area contributed by atoms with Crippen LogP contribution < -0.4 is 10.6 Å². The molecule has 1 aliphatic heterocycles. The molecule has 1 saturated heterocycles. The van der Waals surface area contributed by atoms with Gasteiger partial charge in [0.2, 0.25) is 0 Å². The summed E-state index contributed by atoms with van der Waals surface area (Å²) in [5.41, 5.74) is 0. The highest BCUT2D eigenvalue weighted by atomic mass is 16.5. The van der Waals surface area contributed by atoms with Crippen LogP contribution in [0.3, 0.4) is 0 Å². The van der Waals surface area contributed by atoms with Crippen LogP contribution in [0.15, 0.2) is 30.3 Å². The summed E-state index contributed by atoms with van der Waals surface area (Å²) in [7, 11) is 0. The Bertz CT molecular complexity index is 289. The molecule has 82 valence electrons. The molecular weight excluding hydrogens is 188 g/mol. The second-order valence-corrected chi connectivity index (χ2v) is 4.01. The first-order valence-corrected chi connectivity index (χ1v) is 5.55. The van der Waals surface area contributed by atoms with Gasteiger partial charge in [0.1, 0.15) is 12.4 Å². The number of benzene rings is 1. The molecule has 2 N–H and O–H groups in total. The van der Waals surface area contributed by atoms with Gasteiger partial charge in [0, 0.05) is 6.54 Å². The standard InChI is InChI=1S/C12H18N2O/c13-14-9-5-4-6-11(14)10-15-12-7-2-1-3-8-12/h1-3,7-8,11H,4-6,9-10,13H2. The number of hydrogen-bond donors (Lipinski definition) is 1. The third kappa shape index (κ3) is 2.94. The molecule has 0 saturated carbocycles. The maximum Gasteiger partial charge on any atom is 0.119 e. The number of nitrogens with two attached hydrogens (primary N) is 1. The van der Waals surface area contributed by atoms with E-state index < -0.39 is 0 Å². The Morgan fingerprint density at radius 3 is 2.80 bits per heavy atom. The zero-order valence-electron chi connectivity index (χ0n) is 8.93. The molecule has 15 heavy (non-hydrogen) atoms. The molecule has 1 heterocycles. The summed E-state index contributed by atoms with van der Waals surface area (Å²) in [4.78, 5) is 0. The van der Waals surface area contributed by atoms with Crippen molar-refractivity contribution in [2.75, 3.05) is 13.2 Å². The van der Waals surface area contributed by atoms with E-state index in [1.807, 2.05) is 35.3 Å². The van der Waals surface area contributed by atoms with E-state index in [1.165, 1.54) is 12.8 Å². The highest BCUT2D eigenvalue weighted by Crippen LogP contribution is 2.15. The Labute approximate surface area is 90.8 Å². The van der Waals surface area contributed by atoms with Crippen molar-refractivity contribution >= 4 is 0 Å². The van der Waals surface area contributed by atoms with Gasteiger partial charge in [0.15, 0.2) is 0 Å². The quantitative estimate of drug-likeness (QED) is 0.766. The van der Waals surface area contributed by atoms with Crippen LogP contribution in [0.5, 0.6) is 5.75 Å². The fourth-order valence-electron chi connectivity index (χ4n) is 1.91. The van der Waals surface area contributed by atoms with Crippen molar-refractivity contribution in [2.24, 2.45) is 5.84 Å². The van der Waals surface area contributed by atoms with E-state index in [9.17, 15) is 0 Å². The highest BCUT2D eigenvalue weighted by molar-refractivity contribution is 5.20. The fourth-order valence-corrected chi connectivity index (χ4v) is 1.91. The smallest absolute Gasteiger partial charge is 0.119 e. The molecule has 1 unspecified atom stereocenters. The first-order valence-electron chi connectivity index (χ1n) is 5.55. The molecule has 0 aliphatic carbocycles. The second kappa shape index (κ2) is 5.14. The van der Waals surface area contributed by atoms with Gasteiger partial charge >= 0.3 is 0 Å². The van der Waals surface area contributed by atoms with Crippen molar-refractivity contribution < 1.29 is 4.74 Å². The van der Waals surface area contributed by atoms with Crippen LogP contribution in [0.25, 0.3) is 0 Å². The van der Waals surface area contributed by atoms with Gasteiger partial charge in [-0.15, -0.1) is 0 Å². The van der Waals surface area contributed by atoms with Crippen molar-refractivity contribution in [3.63, 3.8) is 0 Å². The minimum atomic E-state index is 0.374. The number of para-hydroxylation sites is 1. The number of piperidine rings is 1. The molecule has 0 radical (unpaired) electrons. The van der Waals surface area contributed by atoms with Gasteiger partial charge in [-0.25, -0.2) is 5.01 Å². The summed E-state index contributed by atoms with van der Waals surface area (Å²) >= 11 is 0. The predicted octanol–water partition coefficient (Wildman–Crippen LogP) is 1.79. The molecule has 1 aromatic rings. The molecule has 3 nitrogen and oxygen atoms in total. The monoisotopic (exact) mass is 206 g/mol. The molecule has 2 rings (SSSR count). The van der Waals surface area contributed by atoms with Crippen molar-refractivity contribution in [1.29, 1.82) is 0 Å². The van der Waals surface area contributed by atoms with Gasteiger partial charge in [-0.3, -0.25) is 5.84 Å². The van der Waals surface area contributed by atoms with Crippen molar-refractivity contribution in [2.45, 2.75) is 25.3 Å². The highest BCUT2D eigenvalue weighted by Gasteiger charge is 2.19. The largest absolute Gasteiger partial charge is 0.492 e. The molecule has 0 spiro atoms. The van der Waals surface area contributed by atoms with Gasteiger partial charge in [-0.2, -0.15) is 0 Å². The van der Waals surface area contributed by atoms with E-state index in [4.69, 9.17) is 10.6 Å². The van der Waals surface area contributed by atoms with E-state index in [2.05, 4.69) is 0 Å². The molecule has 1 atom stereocenters. The lowest BCUT2D eigenvalue weighted by Gasteiger charge is -2.31. The number of nitrogens with zero attached hydrogens (tertiary/aromatic N) is 1. The normalized spacial score (nSPS) is 22.6. The van der Waals surface area contributed by atoms with Crippen LogP contribution in [0.4, 0.5) is 0 Å². The van der Waals surface area contributed by atoms with E-state index in [1.54, 1.807) is 0 Å². The van der Waals surface area contributed by atoms with Gasteiger partial charge in [0.05, 0.1) is 6.04 Å². The molecule has 1 aliphatic rings. The Hall–Kier alpha value is -1.06. The SMILES string of the molecule is NN1CCCCC1COc1ccccc1. The molecule has 0 amide bonds. The maximum atomic E-state index is 5.90. The van der Waals surface area contributed by atoms with Crippen LogP contribution >= 0.6 is 0 Å². The molecule has 0 aromatic heterocycles. The van der Waals surface area contributed by atoms with Crippen molar-refractivity contribution in [1.82, 2.24) is 5.01 Å². The Balaban J connectivity index is 1.82. The zero-order valence-corrected chi connectivity index (χ0v) is 8.93. The molecule has 3 heteroatoms. The Morgan fingerprint density at radius 1 is 1.27 bits per heavy atom. The Kier molecular flexibility index (Phi) is 3.59. The summed E-state index contributed by atoms with van der Waals surface area (Å²) in [5.74, 6) is 6.82. The summed E-state index contributed by atoms with van der Waals surface area (Å²) < 4.78 is 5.69. The van der Waals surface area contributed by atoms with Gasteiger partial charge in [-0.1, -0.05) is 24.6 Å². The number of rotatable bonds is 3. The first-order chi connectivity index (χ1) is 7.36.